The molecule has 0 unspecified atom stereocenters. The second-order valence-electron chi connectivity index (χ2n) is 6.28. The molecule has 0 saturated heterocycles. The number of nitrogens with one attached hydrogen (secondary N) is 2. The third-order valence-corrected chi connectivity index (χ3v) is 4.17. The van der Waals surface area contributed by atoms with Crippen molar-refractivity contribution in [3.05, 3.63) is 54.6 Å². The lowest BCUT2D eigenvalue weighted by atomic mass is 10.1. The van der Waals surface area contributed by atoms with Gasteiger partial charge in [-0.1, -0.05) is 6.07 Å². The number of hydrogen-bond donors (Lipinski definition) is 3. The Labute approximate surface area is 160 Å². The molecule has 8 nitrogen and oxygen atoms in total. The number of aryl methyl sites for hydroxylation is 1. The molecule has 4 aromatic rings. The van der Waals surface area contributed by atoms with Crippen LogP contribution in [-0.4, -0.2) is 42.5 Å². The number of aromatic amines is 1. The number of aliphatic hydroxyl groups excluding tert-OH is 1. The predicted octanol–water partition coefficient (Wildman–Crippen LogP) is 2.71. The highest BCUT2D eigenvalue weighted by Gasteiger charge is 2.14. The van der Waals surface area contributed by atoms with Crippen LogP contribution in [0.15, 0.2) is 48.9 Å². The van der Waals surface area contributed by atoms with Crippen molar-refractivity contribution in [3.63, 3.8) is 0 Å². The fraction of sp³-hybridized carbons (Fsp3) is 0.150. The van der Waals surface area contributed by atoms with Gasteiger partial charge < -0.3 is 15.4 Å². The van der Waals surface area contributed by atoms with Crippen LogP contribution < -0.4 is 5.32 Å². The predicted molar refractivity (Wildman–Crippen MR) is 105 cm³/mol. The van der Waals surface area contributed by atoms with Crippen LogP contribution in [0.25, 0.3) is 33.8 Å². The van der Waals surface area contributed by atoms with Crippen molar-refractivity contribution < 1.29 is 9.90 Å². The summed E-state index contributed by atoms with van der Waals surface area (Å²) >= 11 is 0. The summed E-state index contributed by atoms with van der Waals surface area (Å²) < 4.78 is 0. The molecule has 0 aliphatic rings. The highest BCUT2D eigenvalue weighted by Crippen LogP contribution is 2.29. The maximum absolute atomic E-state index is 11.8. The van der Waals surface area contributed by atoms with E-state index in [9.17, 15) is 4.79 Å². The molecule has 1 amide bonds. The first-order valence-corrected chi connectivity index (χ1v) is 8.79. The fourth-order valence-corrected chi connectivity index (χ4v) is 2.91. The van der Waals surface area contributed by atoms with E-state index in [2.05, 4.69) is 25.3 Å². The average molecular weight is 374 g/mol. The van der Waals surface area contributed by atoms with Gasteiger partial charge in [-0.15, -0.1) is 0 Å². The van der Waals surface area contributed by atoms with E-state index in [0.717, 1.165) is 16.6 Å². The number of carbonyl (C=O) groups is 1. The number of rotatable bonds is 5. The number of pyridine rings is 2. The molecule has 4 rings (SSSR count). The van der Waals surface area contributed by atoms with Gasteiger partial charge in [-0.25, -0.2) is 15.0 Å². The number of fused-ring (bicyclic) bond motifs is 1. The number of anilines is 1. The summed E-state index contributed by atoms with van der Waals surface area (Å²) in [5.41, 5.74) is 4.21. The van der Waals surface area contributed by atoms with Crippen LogP contribution >= 0.6 is 0 Å². The van der Waals surface area contributed by atoms with Gasteiger partial charge in [0.05, 0.1) is 30.6 Å². The average Bonchev–Trinajstić information content (AvgIpc) is 3.16. The number of nitrogens with zero attached hydrogens (tertiary/aromatic N) is 4. The van der Waals surface area contributed by atoms with Gasteiger partial charge >= 0.3 is 0 Å². The normalized spacial score (nSPS) is 10.9. The maximum atomic E-state index is 11.8. The molecule has 140 valence electrons. The van der Waals surface area contributed by atoms with Crippen LogP contribution in [0.4, 0.5) is 5.69 Å². The van der Waals surface area contributed by atoms with Crippen molar-refractivity contribution in [2.24, 2.45) is 0 Å². The first kappa shape index (κ1) is 17.7. The Morgan fingerprint density at radius 1 is 1.18 bits per heavy atom. The van der Waals surface area contributed by atoms with E-state index < -0.39 is 0 Å². The van der Waals surface area contributed by atoms with Crippen LogP contribution in [0, 0.1) is 6.92 Å². The van der Waals surface area contributed by atoms with Crippen molar-refractivity contribution in [2.75, 3.05) is 11.9 Å². The molecule has 0 aromatic carbocycles. The van der Waals surface area contributed by atoms with Crippen molar-refractivity contribution in [1.29, 1.82) is 0 Å². The summed E-state index contributed by atoms with van der Waals surface area (Å²) in [7, 11) is 0. The third-order valence-electron chi connectivity index (χ3n) is 4.17. The lowest BCUT2D eigenvalue weighted by Crippen LogP contribution is -2.13. The number of aliphatic hydroxyl groups is 1. The van der Waals surface area contributed by atoms with Crippen LogP contribution in [-0.2, 0) is 4.79 Å². The van der Waals surface area contributed by atoms with Gasteiger partial charge in [0, 0.05) is 29.0 Å². The van der Waals surface area contributed by atoms with Gasteiger partial charge in [0.2, 0.25) is 5.91 Å². The zero-order chi connectivity index (χ0) is 19.5. The van der Waals surface area contributed by atoms with Crippen LogP contribution in [0.5, 0.6) is 0 Å². The van der Waals surface area contributed by atoms with Crippen molar-refractivity contribution in [3.8, 4) is 22.8 Å². The molecule has 0 aliphatic carbocycles. The Kier molecular flexibility index (Phi) is 4.77. The van der Waals surface area contributed by atoms with Crippen molar-refractivity contribution in [2.45, 2.75) is 13.3 Å². The monoisotopic (exact) mass is 374 g/mol. The summed E-state index contributed by atoms with van der Waals surface area (Å²) in [6, 6.07) is 9.39. The lowest BCUT2D eigenvalue weighted by molar-refractivity contribution is -0.116. The molecule has 8 heteroatoms. The number of aromatic nitrogens is 5. The molecule has 0 saturated carbocycles. The zero-order valence-corrected chi connectivity index (χ0v) is 15.2. The molecular formula is C20H18N6O2. The molecule has 4 heterocycles. The van der Waals surface area contributed by atoms with Crippen molar-refractivity contribution >= 4 is 22.6 Å². The van der Waals surface area contributed by atoms with Crippen LogP contribution in [0.1, 0.15) is 12.1 Å². The highest BCUT2D eigenvalue weighted by molar-refractivity contribution is 5.94. The maximum Gasteiger partial charge on any atom is 0.226 e. The summed E-state index contributed by atoms with van der Waals surface area (Å²) in [4.78, 5) is 32.9. The highest BCUT2D eigenvalue weighted by atomic mass is 16.3. The molecule has 0 bridgehead atoms. The first-order chi connectivity index (χ1) is 13.6. The van der Waals surface area contributed by atoms with E-state index in [1.54, 1.807) is 24.7 Å². The number of amides is 1. The first-order valence-electron chi connectivity index (χ1n) is 8.79. The standard InChI is InChI=1S/C20H18N6O2/c1-12-3-2-4-16(23-12)20-25-18(15-5-7-22-19(15)26-20)13-9-14(11-21-10-13)24-17(28)6-8-27/h2-5,7,9-11,27H,6,8H2,1H3,(H,24,28)(H,22,25,26). The Morgan fingerprint density at radius 3 is 2.89 bits per heavy atom. The van der Waals surface area contributed by atoms with E-state index in [1.807, 2.05) is 31.2 Å². The second-order valence-corrected chi connectivity index (χ2v) is 6.28. The SMILES string of the molecule is Cc1cccc(-c2nc(-c3cncc(NC(=O)CCO)c3)c3cc[nH]c3n2)n1. The van der Waals surface area contributed by atoms with Crippen molar-refractivity contribution in [1.82, 2.24) is 24.9 Å². The van der Waals surface area contributed by atoms with Gasteiger partial charge in [0.15, 0.2) is 5.82 Å². The number of hydrogen-bond acceptors (Lipinski definition) is 6. The molecule has 0 radical (unpaired) electrons. The Bertz CT molecular complexity index is 1150. The molecule has 0 spiro atoms. The Hall–Kier alpha value is -3.65. The van der Waals surface area contributed by atoms with E-state index in [-0.39, 0.29) is 18.9 Å². The minimum absolute atomic E-state index is 0.0307. The Morgan fingerprint density at radius 2 is 2.07 bits per heavy atom. The van der Waals surface area contributed by atoms with Gasteiger partial charge in [-0.2, -0.15) is 0 Å². The third kappa shape index (κ3) is 3.58. The second kappa shape index (κ2) is 7.53. The van der Waals surface area contributed by atoms with E-state index >= 15 is 0 Å². The fourth-order valence-electron chi connectivity index (χ4n) is 2.91. The molecule has 3 N–H and O–H groups in total. The number of H-pyrrole nitrogens is 1. The summed E-state index contributed by atoms with van der Waals surface area (Å²) in [6.07, 6.45) is 5.07. The van der Waals surface area contributed by atoms with E-state index in [1.165, 1.54) is 0 Å². The summed E-state index contributed by atoms with van der Waals surface area (Å²) in [6.45, 7) is 1.71. The lowest BCUT2D eigenvalue weighted by Gasteiger charge is -2.09. The molecular weight excluding hydrogens is 356 g/mol. The van der Waals surface area contributed by atoms with E-state index in [4.69, 9.17) is 10.1 Å². The number of carbonyl (C=O) groups excluding carboxylic acids is 1. The van der Waals surface area contributed by atoms with Gasteiger partial charge in [-0.05, 0) is 31.2 Å². The quantitative estimate of drug-likeness (QED) is 0.494. The Balaban J connectivity index is 1.80. The van der Waals surface area contributed by atoms with Gasteiger partial charge in [0.1, 0.15) is 11.3 Å². The molecule has 4 aromatic heterocycles. The molecule has 0 atom stereocenters. The molecule has 28 heavy (non-hydrogen) atoms. The molecule has 0 aliphatic heterocycles. The zero-order valence-electron chi connectivity index (χ0n) is 15.2. The molecule has 0 fully saturated rings. The topological polar surface area (TPSA) is 117 Å². The van der Waals surface area contributed by atoms with Gasteiger partial charge in [-0.3, -0.25) is 9.78 Å². The van der Waals surface area contributed by atoms with Crippen LogP contribution in [0.3, 0.4) is 0 Å². The minimum atomic E-state index is -0.277. The summed E-state index contributed by atoms with van der Waals surface area (Å²) in [5.74, 6) is 0.226. The van der Waals surface area contributed by atoms with E-state index in [0.29, 0.717) is 28.5 Å². The largest absolute Gasteiger partial charge is 0.396 e. The van der Waals surface area contributed by atoms with Crippen LogP contribution in [0.2, 0.25) is 0 Å². The smallest absolute Gasteiger partial charge is 0.226 e. The minimum Gasteiger partial charge on any atom is -0.396 e. The summed E-state index contributed by atoms with van der Waals surface area (Å²) in [5, 5.41) is 12.5. The van der Waals surface area contributed by atoms with Gasteiger partial charge in [0.25, 0.3) is 0 Å².